The van der Waals surface area contributed by atoms with Gasteiger partial charge >= 0.3 is 5.97 Å². The van der Waals surface area contributed by atoms with Crippen LogP contribution in [0.25, 0.3) is 0 Å². The van der Waals surface area contributed by atoms with Gasteiger partial charge in [-0.1, -0.05) is 18.2 Å². The molecule has 0 saturated heterocycles. The molecule has 2 rings (SSSR count). The van der Waals surface area contributed by atoms with Gasteiger partial charge in [0.15, 0.2) is 5.78 Å². The molecule has 1 aromatic heterocycles. The second-order valence-corrected chi connectivity index (χ2v) is 4.86. The van der Waals surface area contributed by atoms with Crippen LogP contribution in [-0.4, -0.2) is 31.8 Å². The third kappa shape index (κ3) is 3.55. The Morgan fingerprint density at radius 1 is 1.15 bits per heavy atom. The number of rotatable bonds is 6. The van der Waals surface area contributed by atoms with Crippen molar-refractivity contribution in [3.05, 3.63) is 48.3 Å². The first kappa shape index (κ1) is 14.0. The molecule has 2 aromatic rings. The van der Waals surface area contributed by atoms with Gasteiger partial charge in [-0.25, -0.2) is 8.88 Å². The van der Waals surface area contributed by atoms with Gasteiger partial charge in [-0.3, -0.25) is 9.59 Å². The van der Waals surface area contributed by atoms with E-state index < -0.39 is 24.0 Å². The van der Waals surface area contributed by atoms with Crippen LogP contribution in [0.1, 0.15) is 16.9 Å². The number of aliphatic carboxylic acids is 1. The van der Waals surface area contributed by atoms with E-state index in [2.05, 4.69) is 5.10 Å². The number of hydrogen-bond donors (Lipinski definition) is 1. The number of carbonyl (C=O) groups excluding carboxylic acids is 2. The molecule has 7 heteroatoms. The number of carboxylic acids is 1. The van der Waals surface area contributed by atoms with Crippen molar-refractivity contribution < 1.29 is 19.5 Å². The molecular formula is C13H10N2O4S. The van der Waals surface area contributed by atoms with Crippen LogP contribution in [-0.2, 0) is 9.59 Å². The second kappa shape index (κ2) is 6.16. The summed E-state index contributed by atoms with van der Waals surface area (Å²) < 4.78 is 1.48. The van der Waals surface area contributed by atoms with E-state index in [-0.39, 0.29) is 5.69 Å². The van der Waals surface area contributed by atoms with Gasteiger partial charge in [0.05, 0.1) is 6.42 Å². The second-order valence-electron chi connectivity index (χ2n) is 3.84. The van der Waals surface area contributed by atoms with Gasteiger partial charge in [0.25, 0.3) is 0 Å². The monoisotopic (exact) mass is 290 g/mol. The standard InChI is InChI=1S/C13H10N2O4S/c16-11(8-12(17)13(18)19)10-6-7-15(14-10)20-9-4-2-1-3-5-9/h1-7H,8H2,(H,18,19). The number of aromatic nitrogens is 2. The van der Waals surface area contributed by atoms with Crippen molar-refractivity contribution in [3.63, 3.8) is 0 Å². The number of Topliss-reactive ketones (excluding diaryl/α,β-unsaturated/α-hetero) is 2. The smallest absolute Gasteiger partial charge is 0.372 e. The summed E-state index contributed by atoms with van der Waals surface area (Å²) in [4.78, 5) is 33.9. The maximum atomic E-state index is 11.7. The predicted molar refractivity (Wildman–Crippen MR) is 71.5 cm³/mol. The normalized spacial score (nSPS) is 10.2. The largest absolute Gasteiger partial charge is 0.475 e. The zero-order valence-electron chi connectivity index (χ0n) is 10.2. The van der Waals surface area contributed by atoms with Gasteiger partial charge in [-0.05, 0) is 18.2 Å². The van der Waals surface area contributed by atoms with Crippen LogP contribution in [0, 0.1) is 0 Å². The van der Waals surface area contributed by atoms with E-state index in [1.807, 2.05) is 30.3 Å². The number of benzene rings is 1. The maximum Gasteiger partial charge on any atom is 0.372 e. The lowest BCUT2D eigenvalue weighted by molar-refractivity contribution is -0.148. The first-order valence-electron chi connectivity index (χ1n) is 5.64. The van der Waals surface area contributed by atoms with Gasteiger partial charge in [0.2, 0.25) is 5.78 Å². The third-order valence-electron chi connectivity index (χ3n) is 2.35. The highest BCUT2D eigenvalue weighted by molar-refractivity contribution is 7.97. The Labute approximate surface area is 118 Å². The lowest BCUT2D eigenvalue weighted by atomic mass is 10.1. The molecule has 0 fully saturated rings. The molecular weight excluding hydrogens is 280 g/mol. The van der Waals surface area contributed by atoms with E-state index in [0.717, 1.165) is 4.90 Å². The van der Waals surface area contributed by atoms with Crippen LogP contribution in [0.4, 0.5) is 0 Å². The zero-order valence-corrected chi connectivity index (χ0v) is 11.0. The molecule has 0 saturated carbocycles. The predicted octanol–water partition coefficient (Wildman–Crippen LogP) is 1.66. The van der Waals surface area contributed by atoms with E-state index in [9.17, 15) is 14.4 Å². The molecule has 0 radical (unpaired) electrons. The first-order chi connectivity index (χ1) is 9.56. The highest BCUT2D eigenvalue weighted by Crippen LogP contribution is 2.19. The average Bonchev–Trinajstić information content (AvgIpc) is 2.88. The van der Waals surface area contributed by atoms with Crippen LogP contribution >= 0.6 is 11.9 Å². The average molecular weight is 290 g/mol. The highest BCUT2D eigenvalue weighted by atomic mass is 32.2. The quantitative estimate of drug-likeness (QED) is 0.494. The highest BCUT2D eigenvalue weighted by Gasteiger charge is 2.19. The Kier molecular flexibility index (Phi) is 4.31. The van der Waals surface area contributed by atoms with Crippen molar-refractivity contribution in [2.75, 3.05) is 0 Å². The fourth-order valence-electron chi connectivity index (χ4n) is 1.41. The number of ketones is 2. The molecule has 20 heavy (non-hydrogen) atoms. The van der Waals surface area contributed by atoms with E-state index >= 15 is 0 Å². The van der Waals surface area contributed by atoms with Crippen LogP contribution in [0.3, 0.4) is 0 Å². The van der Waals surface area contributed by atoms with E-state index in [4.69, 9.17) is 5.11 Å². The van der Waals surface area contributed by atoms with Crippen molar-refractivity contribution in [3.8, 4) is 0 Å². The summed E-state index contributed by atoms with van der Waals surface area (Å²) in [5.74, 6) is -3.36. The lowest BCUT2D eigenvalue weighted by Gasteiger charge is -1.99. The lowest BCUT2D eigenvalue weighted by Crippen LogP contribution is -2.17. The van der Waals surface area contributed by atoms with Crippen molar-refractivity contribution >= 4 is 29.5 Å². The Morgan fingerprint density at radius 3 is 2.50 bits per heavy atom. The summed E-state index contributed by atoms with van der Waals surface area (Å²) in [5, 5.41) is 12.4. The Morgan fingerprint density at radius 2 is 1.85 bits per heavy atom. The minimum atomic E-state index is -1.61. The summed E-state index contributed by atoms with van der Waals surface area (Å²) in [6.45, 7) is 0. The van der Waals surface area contributed by atoms with Gasteiger partial charge in [-0.2, -0.15) is 5.10 Å². The Hall–Kier alpha value is -2.41. The molecule has 0 aliphatic carbocycles. The van der Waals surface area contributed by atoms with E-state index in [1.54, 1.807) is 6.20 Å². The summed E-state index contributed by atoms with van der Waals surface area (Å²) in [5.41, 5.74) is 0.0723. The van der Waals surface area contributed by atoms with Crippen molar-refractivity contribution in [1.29, 1.82) is 0 Å². The third-order valence-corrected chi connectivity index (χ3v) is 3.23. The van der Waals surface area contributed by atoms with Crippen LogP contribution in [0.5, 0.6) is 0 Å². The Bertz CT molecular complexity index is 651. The SMILES string of the molecule is O=C(O)C(=O)CC(=O)c1ccn(Sc2ccccc2)n1. The first-order valence-corrected chi connectivity index (χ1v) is 6.42. The molecule has 0 spiro atoms. The summed E-state index contributed by atoms with van der Waals surface area (Å²) >= 11 is 1.30. The number of nitrogens with zero attached hydrogens (tertiary/aromatic N) is 2. The summed E-state index contributed by atoms with van der Waals surface area (Å²) in [6.07, 6.45) is 0.901. The fourth-order valence-corrected chi connectivity index (χ4v) is 2.15. The molecule has 0 amide bonds. The topological polar surface area (TPSA) is 89.3 Å². The fraction of sp³-hybridized carbons (Fsp3) is 0.0769. The molecule has 1 N–H and O–H groups in total. The van der Waals surface area contributed by atoms with Gasteiger partial charge in [-0.15, -0.1) is 0 Å². The molecule has 6 nitrogen and oxygen atoms in total. The Balaban J connectivity index is 2.04. The molecule has 0 bridgehead atoms. The van der Waals surface area contributed by atoms with Crippen LogP contribution in [0.2, 0.25) is 0 Å². The molecule has 0 aliphatic heterocycles. The molecule has 1 aromatic carbocycles. The molecule has 102 valence electrons. The van der Waals surface area contributed by atoms with Crippen LogP contribution < -0.4 is 0 Å². The maximum absolute atomic E-state index is 11.7. The van der Waals surface area contributed by atoms with Crippen molar-refractivity contribution in [2.45, 2.75) is 11.3 Å². The molecule has 1 heterocycles. The van der Waals surface area contributed by atoms with Crippen molar-refractivity contribution in [2.24, 2.45) is 0 Å². The van der Waals surface area contributed by atoms with Gasteiger partial charge < -0.3 is 5.11 Å². The van der Waals surface area contributed by atoms with Crippen LogP contribution in [0.15, 0.2) is 47.5 Å². The summed E-state index contributed by atoms with van der Waals surface area (Å²) in [7, 11) is 0. The zero-order chi connectivity index (χ0) is 14.5. The molecule has 0 aliphatic rings. The minimum Gasteiger partial charge on any atom is -0.475 e. The van der Waals surface area contributed by atoms with Crippen molar-refractivity contribution in [1.82, 2.24) is 9.19 Å². The van der Waals surface area contributed by atoms with Gasteiger partial charge in [0, 0.05) is 23.0 Å². The number of carbonyl (C=O) groups is 3. The van der Waals surface area contributed by atoms with E-state index in [1.165, 1.54) is 22.1 Å². The summed E-state index contributed by atoms with van der Waals surface area (Å²) in [6, 6.07) is 10.9. The number of carboxylic acid groups (broad SMARTS) is 1. The minimum absolute atomic E-state index is 0.0723. The van der Waals surface area contributed by atoms with Gasteiger partial charge in [0.1, 0.15) is 5.69 Å². The molecule has 0 unspecified atom stereocenters. The molecule has 0 atom stereocenters. The number of hydrogen-bond acceptors (Lipinski definition) is 5. The van der Waals surface area contributed by atoms with E-state index in [0.29, 0.717) is 0 Å².